The number of carboxylic acid groups (broad SMARTS) is 1. The van der Waals surface area contributed by atoms with E-state index in [0.29, 0.717) is 17.7 Å². The van der Waals surface area contributed by atoms with Crippen LogP contribution in [0.3, 0.4) is 0 Å². The molecule has 1 aliphatic heterocycles. The molecule has 0 fully saturated rings. The highest BCUT2D eigenvalue weighted by molar-refractivity contribution is 6.31. The Bertz CT molecular complexity index is 1860. The molecule has 2 amide bonds. The maximum absolute atomic E-state index is 14.8. The van der Waals surface area contributed by atoms with Crippen LogP contribution >= 0.6 is 11.6 Å². The summed E-state index contributed by atoms with van der Waals surface area (Å²) in [4.78, 5) is 43.3. The normalized spacial score (nSPS) is 14.4. The van der Waals surface area contributed by atoms with Gasteiger partial charge in [0, 0.05) is 25.8 Å². The number of carbonyl (C=O) groups excluding carboxylic acids is 2. The van der Waals surface area contributed by atoms with Crippen LogP contribution in [0.1, 0.15) is 33.1 Å². The summed E-state index contributed by atoms with van der Waals surface area (Å²) in [6.45, 7) is 1.01. The molecule has 0 bridgehead atoms. The SMILES string of the molecule is CNC(=CN([NH3+])c1cccc(Cl)c1F)C(=O)N1CCc2c(-c3ccc(CN(C)C)cc3)cccc2C1C(=O)Nc1ccc(C(=O)O)cc1. The molecule has 5 rings (SSSR count). The van der Waals surface area contributed by atoms with Crippen molar-refractivity contribution in [2.45, 2.75) is 19.0 Å². The lowest BCUT2D eigenvalue weighted by atomic mass is 9.85. The average Bonchev–Trinajstić information content (AvgIpc) is 3.07. The highest BCUT2D eigenvalue weighted by atomic mass is 35.5. The standard InChI is InChI=1S/C36H36ClFN6O4/c1-40-30(21-44(39)31-9-5-8-29(37)32(31)38)35(46)43-19-18-27-26(23-12-10-22(11-13-23)20-42(2)3)6-4-7-28(27)33(43)34(45)41-25-16-14-24(15-17-25)36(47)48/h4-17,21,33,40H,18-20,39H2,1-3H3,(H,41,45)(H,47,48)/p+1. The van der Waals surface area contributed by atoms with Crippen LogP contribution in [-0.4, -0.2) is 60.4 Å². The van der Waals surface area contributed by atoms with Crippen molar-refractivity contribution < 1.29 is 29.7 Å². The predicted molar refractivity (Wildman–Crippen MR) is 183 cm³/mol. The van der Waals surface area contributed by atoms with E-state index < -0.39 is 29.6 Å². The van der Waals surface area contributed by atoms with Gasteiger partial charge in [0.25, 0.3) is 11.8 Å². The lowest BCUT2D eigenvalue weighted by molar-refractivity contribution is -0.374. The van der Waals surface area contributed by atoms with Gasteiger partial charge >= 0.3 is 5.97 Å². The smallest absolute Gasteiger partial charge is 0.335 e. The summed E-state index contributed by atoms with van der Waals surface area (Å²) in [5.74, 6) is 1.13. The number of carboxylic acids is 1. The molecule has 4 aromatic rings. The van der Waals surface area contributed by atoms with Gasteiger partial charge in [-0.3, -0.25) is 15.4 Å². The van der Waals surface area contributed by atoms with E-state index in [1.807, 2.05) is 32.3 Å². The Hall–Kier alpha value is -5.23. The van der Waals surface area contributed by atoms with Crippen molar-refractivity contribution in [1.82, 2.24) is 15.1 Å². The Kier molecular flexibility index (Phi) is 10.4. The van der Waals surface area contributed by atoms with Crippen LogP contribution in [0.15, 0.2) is 96.8 Å². The Morgan fingerprint density at radius 1 is 1.02 bits per heavy atom. The van der Waals surface area contributed by atoms with Gasteiger partial charge in [-0.2, -0.15) is 5.01 Å². The van der Waals surface area contributed by atoms with Crippen molar-refractivity contribution in [3.63, 3.8) is 0 Å². The number of benzene rings is 4. The molecule has 1 aliphatic rings. The molecule has 1 unspecified atom stereocenters. The summed E-state index contributed by atoms with van der Waals surface area (Å²) in [6, 6.07) is 23.2. The average molecular weight is 672 g/mol. The fourth-order valence-corrected chi connectivity index (χ4v) is 5.99. The number of nitrogens with one attached hydrogen (secondary N) is 2. The van der Waals surface area contributed by atoms with E-state index in [4.69, 9.17) is 11.6 Å². The summed E-state index contributed by atoms with van der Waals surface area (Å²) in [5.41, 5.74) is 5.31. The summed E-state index contributed by atoms with van der Waals surface area (Å²) in [7, 11) is 5.58. The first-order valence-corrected chi connectivity index (χ1v) is 15.6. The number of amides is 2. The second-order valence-electron chi connectivity index (χ2n) is 11.7. The Morgan fingerprint density at radius 3 is 2.35 bits per heavy atom. The first kappa shape index (κ1) is 34.1. The number of hydrogen-bond acceptors (Lipinski definition) is 6. The third kappa shape index (κ3) is 7.33. The van der Waals surface area contributed by atoms with Gasteiger partial charge in [-0.05, 0) is 84.7 Å². The van der Waals surface area contributed by atoms with Gasteiger partial charge in [-0.15, -0.1) is 0 Å². The Morgan fingerprint density at radius 2 is 1.71 bits per heavy atom. The largest absolute Gasteiger partial charge is 0.478 e. The fourth-order valence-electron chi connectivity index (χ4n) is 5.82. The summed E-state index contributed by atoms with van der Waals surface area (Å²) in [6.07, 6.45) is 1.83. The van der Waals surface area contributed by atoms with E-state index in [-0.39, 0.29) is 28.5 Å². The molecule has 0 spiro atoms. The number of hydrogen-bond donors (Lipinski definition) is 4. The minimum Gasteiger partial charge on any atom is -0.478 e. The molecule has 0 radical (unpaired) electrons. The zero-order valence-electron chi connectivity index (χ0n) is 26.8. The quantitative estimate of drug-likeness (QED) is 0.142. The van der Waals surface area contributed by atoms with Crippen LogP contribution in [0.2, 0.25) is 5.02 Å². The molecular formula is C36H37ClFN6O4+. The molecule has 12 heteroatoms. The van der Waals surface area contributed by atoms with Crippen LogP contribution in [0.4, 0.5) is 15.8 Å². The predicted octanol–water partition coefficient (Wildman–Crippen LogP) is 4.69. The molecule has 1 heterocycles. The molecule has 6 N–H and O–H groups in total. The number of quaternary nitrogens is 1. The molecule has 248 valence electrons. The molecule has 0 saturated carbocycles. The number of nitrogens with zero attached hydrogens (tertiary/aromatic N) is 3. The molecule has 0 saturated heterocycles. The number of rotatable bonds is 10. The fraction of sp³-hybridized carbons (Fsp3) is 0.194. The number of carbonyl (C=O) groups is 3. The van der Waals surface area contributed by atoms with Crippen molar-refractivity contribution >= 4 is 40.8 Å². The third-order valence-corrected chi connectivity index (χ3v) is 8.41. The van der Waals surface area contributed by atoms with Gasteiger partial charge in [-0.1, -0.05) is 60.1 Å². The van der Waals surface area contributed by atoms with E-state index in [2.05, 4.69) is 45.6 Å². The maximum atomic E-state index is 14.8. The second kappa shape index (κ2) is 14.7. The highest BCUT2D eigenvalue weighted by Crippen LogP contribution is 2.37. The van der Waals surface area contributed by atoms with E-state index in [0.717, 1.165) is 23.2 Å². The topological polar surface area (TPSA) is 133 Å². The van der Waals surface area contributed by atoms with Gasteiger partial charge in [0.2, 0.25) is 0 Å². The minimum absolute atomic E-state index is 0.0624. The van der Waals surface area contributed by atoms with Gasteiger partial charge < -0.3 is 25.5 Å². The van der Waals surface area contributed by atoms with E-state index in [9.17, 15) is 23.9 Å². The van der Waals surface area contributed by atoms with E-state index in [1.54, 1.807) is 13.1 Å². The van der Waals surface area contributed by atoms with E-state index >= 15 is 0 Å². The van der Waals surface area contributed by atoms with Crippen LogP contribution < -0.4 is 21.5 Å². The highest BCUT2D eigenvalue weighted by Gasteiger charge is 2.38. The van der Waals surface area contributed by atoms with Gasteiger partial charge in [0.1, 0.15) is 17.4 Å². The first-order chi connectivity index (χ1) is 23.0. The number of fused-ring (bicyclic) bond motifs is 1. The number of likely N-dealkylation sites (N-methyl/N-ethyl adjacent to an activating group) is 1. The lowest BCUT2D eigenvalue weighted by Crippen LogP contribution is -2.66. The van der Waals surface area contributed by atoms with Crippen molar-refractivity contribution in [1.29, 1.82) is 0 Å². The molecule has 0 aromatic heterocycles. The lowest BCUT2D eigenvalue weighted by Gasteiger charge is -2.37. The van der Waals surface area contributed by atoms with Crippen molar-refractivity contribution in [3.05, 3.63) is 130 Å². The first-order valence-electron chi connectivity index (χ1n) is 15.2. The minimum atomic E-state index is -1.09. The Balaban J connectivity index is 1.54. The number of halogens is 2. The van der Waals surface area contributed by atoms with Crippen molar-refractivity contribution in [2.24, 2.45) is 0 Å². The zero-order valence-corrected chi connectivity index (χ0v) is 27.6. The molecule has 48 heavy (non-hydrogen) atoms. The summed E-state index contributed by atoms with van der Waals surface area (Å²) >= 11 is 5.97. The van der Waals surface area contributed by atoms with Crippen molar-refractivity contribution in [3.8, 4) is 11.1 Å². The molecular weight excluding hydrogens is 635 g/mol. The Labute approximate surface area is 283 Å². The van der Waals surface area contributed by atoms with Gasteiger partial charge in [0.05, 0.1) is 16.8 Å². The monoisotopic (exact) mass is 671 g/mol. The molecule has 1 atom stereocenters. The maximum Gasteiger partial charge on any atom is 0.335 e. The third-order valence-electron chi connectivity index (χ3n) is 8.12. The summed E-state index contributed by atoms with van der Waals surface area (Å²) in [5, 5.41) is 16.2. The number of anilines is 2. The molecule has 0 aliphatic carbocycles. The number of aromatic carboxylic acids is 1. The summed E-state index contributed by atoms with van der Waals surface area (Å²) < 4.78 is 14.8. The van der Waals surface area contributed by atoms with Crippen LogP contribution in [0, 0.1) is 5.82 Å². The van der Waals surface area contributed by atoms with E-state index in [1.165, 1.54) is 58.1 Å². The van der Waals surface area contributed by atoms with Crippen LogP contribution in [-0.2, 0) is 22.6 Å². The zero-order chi connectivity index (χ0) is 34.5. The molecule has 4 aromatic carbocycles. The molecule has 10 nitrogen and oxygen atoms in total. The van der Waals surface area contributed by atoms with Gasteiger partial charge in [0.15, 0.2) is 5.82 Å². The van der Waals surface area contributed by atoms with Gasteiger partial charge in [-0.25, -0.2) is 9.18 Å². The second-order valence-corrected chi connectivity index (χ2v) is 12.1. The van der Waals surface area contributed by atoms with Crippen LogP contribution in [0.5, 0.6) is 0 Å². The van der Waals surface area contributed by atoms with Crippen molar-refractivity contribution in [2.75, 3.05) is 38.0 Å². The van der Waals surface area contributed by atoms with Crippen LogP contribution in [0.25, 0.3) is 11.1 Å².